The minimum absolute atomic E-state index is 0.00786. The maximum atomic E-state index is 12.7. The van der Waals surface area contributed by atoms with Crippen LogP contribution in [-0.4, -0.2) is 34.4 Å². The van der Waals surface area contributed by atoms with E-state index in [0.29, 0.717) is 17.7 Å². The Morgan fingerprint density at radius 3 is 2.50 bits per heavy atom. The minimum Gasteiger partial charge on any atom is -0.508 e. The second-order valence-corrected chi connectivity index (χ2v) is 7.24. The lowest BCUT2D eigenvalue weighted by Crippen LogP contribution is -2.52. The minimum atomic E-state index is -1.36. The van der Waals surface area contributed by atoms with E-state index in [1.54, 1.807) is 30.3 Å². The fourth-order valence-corrected chi connectivity index (χ4v) is 3.66. The Morgan fingerprint density at radius 2 is 1.85 bits per heavy atom. The summed E-state index contributed by atoms with van der Waals surface area (Å²) in [7, 11) is 0. The van der Waals surface area contributed by atoms with Crippen molar-refractivity contribution in [1.82, 2.24) is 15.5 Å². The fourth-order valence-electron chi connectivity index (χ4n) is 3.40. The molecule has 3 N–H and O–H groups in total. The molecule has 132 valence electrons. The Labute approximate surface area is 157 Å². The van der Waals surface area contributed by atoms with Crippen LogP contribution in [0.1, 0.15) is 21.5 Å². The highest BCUT2D eigenvalue weighted by Crippen LogP contribution is 2.32. The van der Waals surface area contributed by atoms with Crippen LogP contribution in [0.4, 0.5) is 4.79 Å². The Morgan fingerprint density at radius 1 is 1.12 bits per heavy atom. The Balaban J connectivity index is 1.71. The van der Waals surface area contributed by atoms with Gasteiger partial charge in [0.25, 0.3) is 11.8 Å². The summed E-state index contributed by atoms with van der Waals surface area (Å²) in [6, 6.07) is 11.0. The molecular formula is C18H14BrN3O4. The van der Waals surface area contributed by atoms with Crippen molar-refractivity contribution in [1.29, 1.82) is 0 Å². The van der Waals surface area contributed by atoms with E-state index in [2.05, 4.69) is 26.6 Å². The van der Waals surface area contributed by atoms with Gasteiger partial charge in [-0.3, -0.25) is 14.9 Å². The SMILES string of the molecule is O=C1NC(=O)C(CN2Cc3ccc(O)cc3C2=O)(c2ccc(Br)cc2)N1. The lowest BCUT2D eigenvalue weighted by Gasteiger charge is -2.31. The van der Waals surface area contributed by atoms with Gasteiger partial charge < -0.3 is 15.3 Å². The monoisotopic (exact) mass is 415 g/mol. The number of phenolic OH excluding ortho intramolecular Hbond substituents is 1. The molecule has 0 aliphatic carbocycles. The second kappa shape index (κ2) is 5.84. The highest BCUT2D eigenvalue weighted by Gasteiger charge is 2.50. The van der Waals surface area contributed by atoms with Gasteiger partial charge in [-0.15, -0.1) is 0 Å². The molecule has 1 atom stereocenters. The average molecular weight is 416 g/mol. The van der Waals surface area contributed by atoms with Gasteiger partial charge in [0.15, 0.2) is 5.54 Å². The average Bonchev–Trinajstić information content (AvgIpc) is 3.06. The quantitative estimate of drug-likeness (QED) is 0.666. The van der Waals surface area contributed by atoms with E-state index in [9.17, 15) is 19.5 Å². The van der Waals surface area contributed by atoms with Crippen molar-refractivity contribution in [3.05, 3.63) is 63.6 Å². The number of imide groups is 1. The molecule has 0 spiro atoms. The van der Waals surface area contributed by atoms with E-state index in [4.69, 9.17) is 0 Å². The second-order valence-electron chi connectivity index (χ2n) is 6.32. The van der Waals surface area contributed by atoms with Crippen molar-refractivity contribution in [2.75, 3.05) is 6.54 Å². The number of halogens is 1. The third-order valence-electron chi connectivity index (χ3n) is 4.68. The molecule has 0 saturated carbocycles. The van der Waals surface area contributed by atoms with Gasteiger partial charge in [-0.1, -0.05) is 34.1 Å². The van der Waals surface area contributed by atoms with Crippen molar-refractivity contribution in [3.63, 3.8) is 0 Å². The number of hydrogen-bond donors (Lipinski definition) is 3. The third kappa shape index (κ3) is 2.53. The van der Waals surface area contributed by atoms with E-state index in [1.165, 1.54) is 17.0 Å². The van der Waals surface area contributed by atoms with Crippen molar-refractivity contribution in [2.45, 2.75) is 12.1 Å². The maximum absolute atomic E-state index is 12.7. The summed E-state index contributed by atoms with van der Waals surface area (Å²) in [6.45, 7) is 0.288. The predicted molar refractivity (Wildman–Crippen MR) is 95.3 cm³/mol. The molecule has 26 heavy (non-hydrogen) atoms. The molecule has 4 amide bonds. The van der Waals surface area contributed by atoms with E-state index < -0.39 is 17.5 Å². The molecule has 1 saturated heterocycles. The van der Waals surface area contributed by atoms with Gasteiger partial charge in [0.1, 0.15) is 5.75 Å². The number of fused-ring (bicyclic) bond motifs is 1. The highest BCUT2D eigenvalue weighted by molar-refractivity contribution is 9.10. The van der Waals surface area contributed by atoms with Crippen LogP contribution in [-0.2, 0) is 16.9 Å². The molecule has 7 nitrogen and oxygen atoms in total. The number of carbonyl (C=O) groups excluding carboxylic acids is 3. The van der Waals surface area contributed by atoms with E-state index in [1.807, 2.05) is 0 Å². The lowest BCUT2D eigenvalue weighted by molar-refractivity contribution is -0.124. The maximum Gasteiger partial charge on any atom is 0.322 e. The van der Waals surface area contributed by atoms with Crippen molar-refractivity contribution in [2.24, 2.45) is 0 Å². The van der Waals surface area contributed by atoms with Crippen LogP contribution in [0.25, 0.3) is 0 Å². The number of benzene rings is 2. The van der Waals surface area contributed by atoms with Crippen LogP contribution >= 0.6 is 15.9 Å². The predicted octanol–water partition coefficient (Wildman–Crippen LogP) is 1.85. The van der Waals surface area contributed by atoms with E-state index in [0.717, 1.165) is 10.0 Å². The van der Waals surface area contributed by atoms with Gasteiger partial charge in [0, 0.05) is 16.6 Å². The van der Waals surface area contributed by atoms with Crippen LogP contribution in [0.2, 0.25) is 0 Å². The van der Waals surface area contributed by atoms with Gasteiger partial charge in [0.05, 0.1) is 6.54 Å². The third-order valence-corrected chi connectivity index (χ3v) is 5.21. The zero-order valence-electron chi connectivity index (χ0n) is 13.5. The molecule has 2 aliphatic rings. The first kappa shape index (κ1) is 16.6. The zero-order valence-corrected chi connectivity index (χ0v) is 15.0. The molecule has 0 radical (unpaired) electrons. The first-order valence-corrected chi connectivity index (χ1v) is 8.69. The summed E-state index contributed by atoms with van der Waals surface area (Å²) in [6.07, 6.45) is 0. The number of aromatic hydroxyl groups is 1. The molecule has 2 aliphatic heterocycles. The molecule has 1 fully saturated rings. The highest BCUT2D eigenvalue weighted by atomic mass is 79.9. The van der Waals surface area contributed by atoms with Crippen LogP contribution in [0.5, 0.6) is 5.75 Å². The fraction of sp³-hybridized carbons (Fsp3) is 0.167. The topological polar surface area (TPSA) is 98.7 Å². The van der Waals surface area contributed by atoms with Crippen molar-refractivity contribution in [3.8, 4) is 5.75 Å². The summed E-state index contributed by atoms with van der Waals surface area (Å²) < 4.78 is 0.835. The summed E-state index contributed by atoms with van der Waals surface area (Å²) in [5.41, 5.74) is 0.386. The Bertz CT molecular complexity index is 944. The van der Waals surface area contributed by atoms with Gasteiger partial charge in [-0.2, -0.15) is 0 Å². The zero-order chi connectivity index (χ0) is 18.5. The normalized spacial score (nSPS) is 21.6. The Hall–Kier alpha value is -2.87. The van der Waals surface area contributed by atoms with Crippen LogP contribution in [0.15, 0.2) is 46.9 Å². The van der Waals surface area contributed by atoms with Crippen molar-refractivity contribution >= 4 is 33.8 Å². The van der Waals surface area contributed by atoms with Crippen molar-refractivity contribution < 1.29 is 19.5 Å². The van der Waals surface area contributed by atoms with Gasteiger partial charge in [-0.05, 0) is 35.4 Å². The van der Waals surface area contributed by atoms with Crippen LogP contribution in [0.3, 0.4) is 0 Å². The molecule has 8 heteroatoms. The number of carbonyl (C=O) groups is 3. The number of rotatable bonds is 3. The number of nitrogens with one attached hydrogen (secondary N) is 2. The van der Waals surface area contributed by atoms with Crippen LogP contribution in [0, 0.1) is 0 Å². The van der Waals surface area contributed by atoms with E-state index in [-0.39, 0.29) is 18.2 Å². The standard InChI is InChI=1S/C18H14BrN3O4/c19-12-4-2-11(3-5-12)18(16(25)20-17(26)21-18)9-22-8-10-1-6-13(23)7-14(10)15(22)24/h1-7,23H,8-9H2,(H2,20,21,25,26). The molecule has 2 aromatic rings. The largest absolute Gasteiger partial charge is 0.508 e. The molecule has 0 bridgehead atoms. The first-order valence-electron chi connectivity index (χ1n) is 7.90. The Kier molecular flexibility index (Phi) is 3.73. The van der Waals surface area contributed by atoms with Gasteiger partial charge in [-0.25, -0.2) is 4.79 Å². The molecular weight excluding hydrogens is 402 g/mol. The number of urea groups is 1. The smallest absolute Gasteiger partial charge is 0.322 e. The number of amides is 4. The molecule has 2 heterocycles. The summed E-state index contributed by atoms with van der Waals surface area (Å²) in [5.74, 6) is -0.786. The summed E-state index contributed by atoms with van der Waals surface area (Å²) in [4.78, 5) is 38.7. The number of hydrogen-bond acceptors (Lipinski definition) is 4. The molecule has 1 unspecified atom stereocenters. The summed E-state index contributed by atoms with van der Waals surface area (Å²) in [5, 5.41) is 14.6. The molecule has 2 aromatic carbocycles. The first-order chi connectivity index (χ1) is 12.4. The number of phenols is 1. The molecule has 0 aromatic heterocycles. The van der Waals surface area contributed by atoms with Gasteiger partial charge >= 0.3 is 6.03 Å². The number of nitrogens with zero attached hydrogens (tertiary/aromatic N) is 1. The molecule has 4 rings (SSSR count). The summed E-state index contributed by atoms with van der Waals surface area (Å²) >= 11 is 3.35. The lowest BCUT2D eigenvalue weighted by atomic mass is 9.89. The van der Waals surface area contributed by atoms with Crippen LogP contribution < -0.4 is 10.6 Å². The van der Waals surface area contributed by atoms with Gasteiger partial charge in [0.2, 0.25) is 0 Å². The van der Waals surface area contributed by atoms with E-state index >= 15 is 0 Å².